The van der Waals surface area contributed by atoms with Gasteiger partial charge in [-0.25, -0.2) is 0 Å². The molecule has 0 aromatic carbocycles. The molecule has 82 valence electrons. The first-order chi connectivity index (χ1) is 6.28. The maximum absolute atomic E-state index is 11.3. The van der Waals surface area contributed by atoms with Crippen molar-refractivity contribution in [1.29, 1.82) is 0 Å². The molecule has 0 aromatic heterocycles. The van der Waals surface area contributed by atoms with E-state index in [4.69, 9.17) is 0 Å². The van der Waals surface area contributed by atoms with Gasteiger partial charge in [-0.2, -0.15) is 0 Å². The molecule has 0 aliphatic heterocycles. The lowest BCUT2D eigenvalue weighted by Crippen LogP contribution is -2.21. The minimum atomic E-state index is 0.207. The van der Waals surface area contributed by atoms with Gasteiger partial charge in [0.15, 0.2) is 0 Å². The zero-order valence-electron chi connectivity index (χ0n) is 10.3. The molecule has 0 bridgehead atoms. The number of hydrogen-bond acceptors (Lipinski definition) is 1. The SMILES string of the molecule is C=C(C)CC(C)(C)CC(CC)C(C)=O. The highest BCUT2D eigenvalue weighted by atomic mass is 16.1. The van der Waals surface area contributed by atoms with Crippen LogP contribution in [0.25, 0.3) is 0 Å². The molecule has 0 radical (unpaired) electrons. The molecule has 1 nitrogen and oxygen atoms in total. The van der Waals surface area contributed by atoms with Gasteiger partial charge in [-0.1, -0.05) is 26.3 Å². The molecule has 0 spiro atoms. The van der Waals surface area contributed by atoms with Crippen LogP contribution in [-0.2, 0) is 4.79 Å². The zero-order valence-corrected chi connectivity index (χ0v) is 10.3. The Morgan fingerprint density at radius 1 is 1.36 bits per heavy atom. The van der Waals surface area contributed by atoms with Gasteiger partial charge in [0.25, 0.3) is 0 Å². The molecular weight excluding hydrogens is 172 g/mol. The molecule has 1 atom stereocenters. The molecule has 0 amide bonds. The van der Waals surface area contributed by atoms with Crippen molar-refractivity contribution in [3.63, 3.8) is 0 Å². The molecule has 0 aliphatic carbocycles. The van der Waals surface area contributed by atoms with Crippen molar-refractivity contribution >= 4 is 5.78 Å². The fourth-order valence-electron chi connectivity index (χ4n) is 2.13. The highest BCUT2D eigenvalue weighted by Crippen LogP contribution is 2.33. The molecule has 1 heteroatoms. The predicted molar refractivity (Wildman–Crippen MR) is 62.3 cm³/mol. The van der Waals surface area contributed by atoms with E-state index in [-0.39, 0.29) is 11.3 Å². The molecular formula is C13H24O. The molecule has 0 heterocycles. The van der Waals surface area contributed by atoms with Gasteiger partial charge < -0.3 is 0 Å². The first kappa shape index (κ1) is 13.4. The summed E-state index contributed by atoms with van der Waals surface area (Å²) >= 11 is 0. The van der Waals surface area contributed by atoms with Gasteiger partial charge >= 0.3 is 0 Å². The van der Waals surface area contributed by atoms with Crippen LogP contribution in [0.3, 0.4) is 0 Å². The van der Waals surface area contributed by atoms with E-state index in [1.807, 2.05) is 0 Å². The maximum atomic E-state index is 11.3. The predicted octanol–water partition coefficient (Wildman–Crippen LogP) is 3.98. The number of hydrogen-bond donors (Lipinski definition) is 0. The van der Waals surface area contributed by atoms with Gasteiger partial charge in [-0.3, -0.25) is 4.79 Å². The van der Waals surface area contributed by atoms with E-state index < -0.39 is 0 Å². The third-order valence-electron chi connectivity index (χ3n) is 2.65. The van der Waals surface area contributed by atoms with Gasteiger partial charge in [-0.05, 0) is 38.5 Å². The minimum absolute atomic E-state index is 0.207. The monoisotopic (exact) mass is 196 g/mol. The number of rotatable bonds is 6. The molecule has 14 heavy (non-hydrogen) atoms. The summed E-state index contributed by atoms with van der Waals surface area (Å²) in [4.78, 5) is 11.3. The van der Waals surface area contributed by atoms with Crippen LogP contribution in [-0.4, -0.2) is 5.78 Å². The van der Waals surface area contributed by atoms with Crippen molar-refractivity contribution in [3.8, 4) is 0 Å². The summed E-state index contributed by atoms with van der Waals surface area (Å²) in [5.41, 5.74) is 1.41. The van der Waals surface area contributed by atoms with E-state index in [1.165, 1.54) is 5.57 Å². The first-order valence-electron chi connectivity index (χ1n) is 5.43. The number of carbonyl (C=O) groups excluding carboxylic acids is 1. The molecule has 0 aromatic rings. The standard InChI is InChI=1S/C13H24O/c1-7-12(11(4)14)9-13(5,6)8-10(2)3/h12H,2,7-9H2,1,3-6H3. The fourth-order valence-corrected chi connectivity index (χ4v) is 2.13. The van der Waals surface area contributed by atoms with Crippen molar-refractivity contribution < 1.29 is 4.79 Å². The van der Waals surface area contributed by atoms with Crippen molar-refractivity contribution in [1.82, 2.24) is 0 Å². The average Bonchev–Trinajstić information content (AvgIpc) is 1.97. The third-order valence-corrected chi connectivity index (χ3v) is 2.65. The van der Waals surface area contributed by atoms with Crippen molar-refractivity contribution in [2.24, 2.45) is 11.3 Å². The van der Waals surface area contributed by atoms with Gasteiger partial charge in [0.2, 0.25) is 0 Å². The van der Waals surface area contributed by atoms with Gasteiger partial charge in [0.05, 0.1) is 0 Å². The Labute approximate surface area is 88.6 Å². The van der Waals surface area contributed by atoms with E-state index in [0.717, 1.165) is 19.3 Å². The molecule has 0 N–H and O–H groups in total. The summed E-state index contributed by atoms with van der Waals surface area (Å²) in [5.74, 6) is 0.548. The van der Waals surface area contributed by atoms with Crippen LogP contribution in [0.5, 0.6) is 0 Å². The highest BCUT2D eigenvalue weighted by Gasteiger charge is 2.24. The Hall–Kier alpha value is -0.590. The molecule has 0 saturated heterocycles. The Bertz CT molecular complexity index is 213. The minimum Gasteiger partial charge on any atom is -0.300 e. The lowest BCUT2D eigenvalue weighted by atomic mass is 9.76. The van der Waals surface area contributed by atoms with Crippen LogP contribution >= 0.6 is 0 Å². The largest absolute Gasteiger partial charge is 0.300 e. The Morgan fingerprint density at radius 3 is 2.14 bits per heavy atom. The van der Waals surface area contributed by atoms with Crippen LogP contribution in [0.2, 0.25) is 0 Å². The summed E-state index contributed by atoms with van der Waals surface area (Å²) < 4.78 is 0. The zero-order chi connectivity index (χ0) is 11.4. The van der Waals surface area contributed by atoms with Gasteiger partial charge in [0.1, 0.15) is 5.78 Å². The quantitative estimate of drug-likeness (QED) is 0.587. The summed E-state index contributed by atoms with van der Waals surface area (Å²) in [7, 11) is 0. The maximum Gasteiger partial charge on any atom is 0.132 e. The van der Waals surface area contributed by atoms with Crippen molar-refractivity contribution in [3.05, 3.63) is 12.2 Å². The summed E-state index contributed by atoms with van der Waals surface area (Å²) in [6.45, 7) is 14.2. The number of ketones is 1. The molecule has 0 saturated carbocycles. The number of Topliss-reactive ketones (excluding diaryl/α,β-unsaturated/α-hetero) is 1. The van der Waals surface area contributed by atoms with Gasteiger partial charge in [-0.15, -0.1) is 6.58 Å². The van der Waals surface area contributed by atoms with E-state index in [2.05, 4.69) is 34.3 Å². The smallest absolute Gasteiger partial charge is 0.132 e. The Kier molecular flexibility index (Phi) is 5.11. The highest BCUT2D eigenvalue weighted by molar-refractivity contribution is 5.78. The third kappa shape index (κ3) is 5.21. The Morgan fingerprint density at radius 2 is 1.86 bits per heavy atom. The second kappa shape index (κ2) is 5.33. The van der Waals surface area contributed by atoms with Crippen LogP contribution in [0.15, 0.2) is 12.2 Å². The summed E-state index contributed by atoms with van der Waals surface area (Å²) in [5, 5.41) is 0. The van der Waals surface area contributed by atoms with E-state index in [1.54, 1.807) is 6.92 Å². The second-order valence-corrected chi connectivity index (χ2v) is 5.22. The molecule has 1 unspecified atom stereocenters. The van der Waals surface area contributed by atoms with Crippen molar-refractivity contribution in [2.45, 2.75) is 53.9 Å². The summed E-state index contributed by atoms with van der Waals surface area (Å²) in [6.07, 6.45) is 2.94. The topological polar surface area (TPSA) is 17.1 Å². The van der Waals surface area contributed by atoms with Crippen LogP contribution in [0.1, 0.15) is 53.9 Å². The lowest BCUT2D eigenvalue weighted by Gasteiger charge is -2.28. The molecule has 0 aliphatic rings. The second-order valence-electron chi connectivity index (χ2n) is 5.22. The van der Waals surface area contributed by atoms with Gasteiger partial charge in [0, 0.05) is 5.92 Å². The van der Waals surface area contributed by atoms with E-state index >= 15 is 0 Å². The van der Waals surface area contributed by atoms with Crippen LogP contribution in [0, 0.1) is 11.3 Å². The number of carbonyl (C=O) groups is 1. The molecule has 0 fully saturated rings. The van der Waals surface area contributed by atoms with Crippen molar-refractivity contribution in [2.75, 3.05) is 0 Å². The first-order valence-corrected chi connectivity index (χ1v) is 5.43. The van der Waals surface area contributed by atoms with E-state index in [0.29, 0.717) is 5.78 Å². The normalized spacial score (nSPS) is 13.8. The fraction of sp³-hybridized carbons (Fsp3) is 0.769. The molecule has 0 rings (SSSR count). The van der Waals surface area contributed by atoms with E-state index in [9.17, 15) is 4.79 Å². The Balaban J connectivity index is 4.31. The van der Waals surface area contributed by atoms with Crippen LogP contribution < -0.4 is 0 Å². The lowest BCUT2D eigenvalue weighted by molar-refractivity contribution is -0.121. The summed E-state index contributed by atoms with van der Waals surface area (Å²) in [6, 6.07) is 0. The number of allylic oxidation sites excluding steroid dienone is 1. The average molecular weight is 196 g/mol. The van der Waals surface area contributed by atoms with Crippen LogP contribution in [0.4, 0.5) is 0 Å².